The Hall–Kier alpha value is -4.34. The average Bonchev–Trinajstić information content (AvgIpc) is 3.43. The highest BCUT2D eigenvalue weighted by Gasteiger charge is 2.36. The van der Waals surface area contributed by atoms with E-state index >= 15 is 0 Å². The summed E-state index contributed by atoms with van der Waals surface area (Å²) in [5, 5.41) is 2.92. The fourth-order valence-corrected chi connectivity index (χ4v) is 5.04. The largest absolute Gasteiger partial charge is 0.494 e. The Labute approximate surface area is 206 Å². The highest BCUT2D eigenvalue weighted by atomic mass is 16.5. The maximum Gasteiger partial charge on any atom is 0.420 e. The number of aromatic nitrogens is 3. The maximum absolute atomic E-state index is 13.8. The average molecular weight is 488 g/mol. The molecule has 36 heavy (non-hydrogen) atoms. The summed E-state index contributed by atoms with van der Waals surface area (Å²) in [5.74, 6) is -0.234. The van der Waals surface area contributed by atoms with Gasteiger partial charge in [-0.3, -0.25) is 14.2 Å². The van der Waals surface area contributed by atoms with Gasteiger partial charge in [0.2, 0.25) is 11.8 Å². The Balaban J connectivity index is 1.43. The van der Waals surface area contributed by atoms with Crippen LogP contribution in [-0.2, 0) is 29.1 Å². The predicted molar refractivity (Wildman–Crippen MR) is 130 cm³/mol. The summed E-state index contributed by atoms with van der Waals surface area (Å²) in [5.41, 5.74) is 3.51. The van der Waals surface area contributed by atoms with E-state index < -0.39 is 11.8 Å². The predicted octanol–water partition coefficient (Wildman–Crippen LogP) is 1.86. The number of oxazole rings is 1. The highest BCUT2D eigenvalue weighted by Crippen LogP contribution is 2.36. The zero-order chi connectivity index (χ0) is 24.6. The maximum atomic E-state index is 13.8. The zero-order valence-electron chi connectivity index (χ0n) is 19.6. The lowest BCUT2D eigenvalue weighted by Gasteiger charge is -2.37. The number of hydrogen-bond acceptors (Lipinski definition) is 6. The van der Waals surface area contributed by atoms with Crippen LogP contribution in [-0.4, -0.2) is 50.5 Å². The number of carbonyl (C=O) groups excluding carboxylic acids is 2. The molecule has 10 heteroatoms. The summed E-state index contributed by atoms with van der Waals surface area (Å²) in [7, 11) is 0. The smallest absolute Gasteiger partial charge is 0.420 e. The van der Waals surface area contributed by atoms with Crippen molar-refractivity contribution in [2.45, 2.75) is 32.0 Å². The lowest BCUT2D eigenvalue weighted by molar-refractivity contribution is -0.134. The fourth-order valence-electron chi connectivity index (χ4n) is 5.04. The SMILES string of the molecule is O=C1Cn2cnc3c2C(c2cccc(c2)OCCCN1)N(C(=O)Cn1c(=O)oc2ccccc21)CC3. The van der Waals surface area contributed by atoms with Crippen molar-refractivity contribution >= 4 is 22.9 Å². The van der Waals surface area contributed by atoms with Crippen LogP contribution >= 0.6 is 0 Å². The summed E-state index contributed by atoms with van der Waals surface area (Å²) in [6.45, 7) is 1.35. The molecule has 6 rings (SSSR count). The van der Waals surface area contributed by atoms with Gasteiger partial charge in [-0.15, -0.1) is 0 Å². The van der Waals surface area contributed by atoms with E-state index in [-0.39, 0.29) is 24.9 Å². The molecule has 1 N–H and O–H groups in total. The fraction of sp³-hybridized carbons (Fsp3) is 0.308. The van der Waals surface area contributed by atoms with E-state index in [1.165, 1.54) is 4.57 Å². The zero-order valence-corrected chi connectivity index (χ0v) is 19.6. The molecule has 2 aromatic heterocycles. The Morgan fingerprint density at radius 2 is 2.03 bits per heavy atom. The first kappa shape index (κ1) is 22.1. The molecule has 0 radical (unpaired) electrons. The molecular weight excluding hydrogens is 462 g/mol. The third-order valence-electron chi connectivity index (χ3n) is 6.71. The second-order valence-corrected chi connectivity index (χ2v) is 8.99. The van der Waals surface area contributed by atoms with Crippen molar-refractivity contribution in [3.05, 3.63) is 82.4 Å². The Kier molecular flexibility index (Phi) is 5.55. The molecule has 2 aliphatic heterocycles. The van der Waals surface area contributed by atoms with Gasteiger partial charge in [0.15, 0.2) is 5.58 Å². The van der Waals surface area contributed by atoms with E-state index in [0.717, 1.165) is 17.0 Å². The Morgan fingerprint density at radius 3 is 2.94 bits per heavy atom. The molecule has 1 atom stereocenters. The van der Waals surface area contributed by atoms with Gasteiger partial charge in [0.25, 0.3) is 0 Å². The van der Waals surface area contributed by atoms with E-state index in [1.54, 1.807) is 35.5 Å². The van der Waals surface area contributed by atoms with E-state index in [0.29, 0.717) is 49.4 Å². The Morgan fingerprint density at radius 1 is 1.14 bits per heavy atom. The molecule has 1 unspecified atom stereocenters. The van der Waals surface area contributed by atoms with Crippen LogP contribution in [0.2, 0.25) is 0 Å². The van der Waals surface area contributed by atoms with Crippen LogP contribution in [0.4, 0.5) is 0 Å². The van der Waals surface area contributed by atoms with Gasteiger partial charge in [0.05, 0.1) is 35.9 Å². The molecule has 2 bridgehead atoms. The van der Waals surface area contributed by atoms with E-state index in [2.05, 4.69) is 10.3 Å². The molecule has 0 saturated heterocycles. The van der Waals surface area contributed by atoms with Gasteiger partial charge in [0.1, 0.15) is 18.8 Å². The van der Waals surface area contributed by atoms with Crippen LogP contribution in [0.5, 0.6) is 5.75 Å². The number of carbonyl (C=O) groups is 2. The van der Waals surface area contributed by atoms with Crippen molar-refractivity contribution in [1.29, 1.82) is 0 Å². The number of nitrogens with one attached hydrogen (secondary N) is 1. The number of hydrogen-bond donors (Lipinski definition) is 1. The molecule has 0 spiro atoms. The van der Waals surface area contributed by atoms with E-state index in [4.69, 9.17) is 9.15 Å². The van der Waals surface area contributed by atoms with Gasteiger partial charge >= 0.3 is 5.76 Å². The normalized spacial score (nSPS) is 17.8. The number of benzene rings is 2. The van der Waals surface area contributed by atoms with Gasteiger partial charge < -0.3 is 23.9 Å². The third kappa shape index (κ3) is 3.94. The van der Waals surface area contributed by atoms with Crippen molar-refractivity contribution < 1.29 is 18.7 Å². The quantitative estimate of drug-likeness (QED) is 0.462. The molecule has 2 aliphatic rings. The monoisotopic (exact) mass is 487 g/mol. The number of fused-ring (bicyclic) bond motifs is 4. The summed E-state index contributed by atoms with van der Waals surface area (Å²) in [6, 6.07) is 14.2. The third-order valence-corrected chi connectivity index (χ3v) is 6.71. The molecular formula is C26H25N5O5. The van der Waals surface area contributed by atoms with E-state index in [1.807, 2.05) is 28.8 Å². The molecule has 4 aromatic rings. The molecule has 10 nitrogen and oxygen atoms in total. The summed E-state index contributed by atoms with van der Waals surface area (Å²) in [4.78, 5) is 45.3. The number of amides is 2. The molecule has 0 aliphatic carbocycles. The second kappa shape index (κ2) is 9.03. The van der Waals surface area contributed by atoms with Crippen LogP contribution in [0.15, 0.2) is 64.1 Å². The highest BCUT2D eigenvalue weighted by molar-refractivity contribution is 5.81. The van der Waals surface area contributed by atoms with Gasteiger partial charge in [-0.05, 0) is 36.2 Å². The van der Waals surface area contributed by atoms with Gasteiger partial charge in [-0.1, -0.05) is 24.3 Å². The first-order valence-electron chi connectivity index (χ1n) is 12.0. The first-order chi connectivity index (χ1) is 17.6. The van der Waals surface area contributed by atoms with E-state index in [9.17, 15) is 14.4 Å². The topological polar surface area (TPSA) is 112 Å². The number of ether oxygens (including phenoxy) is 1. The van der Waals surface area contributed by atoms with Crippen molar-refractivity contribution in [1.82, 2.24) is 24.3 Å². The summed E-state index contributed by atoms with van der Waals surface area (Å²) >= 11 is 0. The lowest BCUT2D eigenvalue weighted by Crippen LogP contribution is -2.44. The second-order valence-electron chi connectivity index (χ2n) is 8.99. The minimum atomic E-state index is -0.575. The Bertz CT molecular complexity index is 1520. The van der Waals surface area contributed by atoms with Gasteiger partial charge in [-0.2, -0.15) is 0 Å². The van der Waals surface area contributed by atoms with Crippen molar-refractivity contribution in [3.63, 3.8) is 0 Å². The van der Waals surface area contributed by atoms with Gasteiger partial charge in [-0.25, -0.2) is 9.78 Å². The van der Waals surface area contributed by atoms with Crippen molar-refractivity contribution in [3.8, 4) is 5.75 Å². The number of rotatable bonds is 2. The standard InChI is InChI=1S/C26H25N5O5/c32-22-14-29-16-28-19-9-11-30(23(33)15-31-20-7-1-2-8-21(20)36-26(31)34)24(25(19)29)17-5-3-6-18(13-17)35-12-4-10-27-22/h1-3,5-8,13,16,24H,4,9-12,14-15H2,(H,27,32). The molecule has 0 saturated carbocycles. The van der Waals surface area contributed by atoms with Crippen LogP contribution in [0.1, 0.15) is 29.4 Å². The van der Waals surface area contributed by atoms with Gasteiger partial charge in [0, 0.05) is 19.5 Å². The molecule has 0 fully saturated rings. The minimum Gasteiger partial charge on any atom is -0.494 e. The van der Waals surface area contributed by atoms with Crippen LogP contribution in [0.3, 0.4) is 0 Å². The van der Waals surface area contributed by atoms with Crippen LogP contribution in [0.25, 0.3) is 11.1 Å². The number of para-hydroxylation sites is 2. The molecule has 2 amide bonds. The summed E-state index contributed by atoms with van der Waals surface area (Å²) in [6.07, 6.45) is 2.89. The van der Waals surface area contributed by atoms with Crippen LogP contribution < -0.4 is 15.8 Å². The lowest BCUT2D eigenvalue weighted by atomic mass is 9.94. The number of nitrogens with zero attached hydrogens (tertiary/aromatic N) is 4. The van der Waals surface area contributed by atoms with Crippen molar-refractivity contribution in [2.75, 3.05) is 19.7 Å². The van der Waals surface area contributed by atoms with Crippen LogP contribution in [0, 0.1) is 0 Å². The van der Waals surface area contributed by atoms with Crippen molar-refractivity contribution in [2.24, 2.45) is 0 Å². The minimum absolute atomic E-state index is 0.104. The summed E-state index contributed by atoms with van der Waals surface area (Å²) < 4.78 is 14.4. The molecule has 4 heterocycles. The molecule has 184 valence electrons. The molecule has 2 aromatic carbocycles. The first-order valence-corrected chi connectivity index (χ1v) is 12.0. The number of imidazole rings is 1.